The van der Waals surface area contributed by atoms with Crippen molar-refractivity contribution < 1.29 is 28.9 Å². The molecule has 2 aromatic rings. The second-order valence-corrected chi connectivity index (χ2v) is 11.9. The smallest absolute Gasteiger partial charge is 0.341 e. The summed E-state index contributed by atoms with van der Waals surface area (Å²) in [6, 6.07) is 14.0. The second-order valence-electron chi connectivity index (χ2n) is 11.9. The van der Waals surface area contributed by atoms with Crippen LogP contribution in [0.4, 0.5) is 0 Å². The van der Waals surface area contributed by atoms with Crippen LogP contribution in [0.25, 0.3) is 0 Å². The maximum Gasteiger partial charge on any atom is 0.341 e. The lowest BCUT2D eigenvalue weighted by atomic mass is 9.92. The zero-order valence-electron chi connectivity index (χ0n) is 25.4. The van der Waals surface area contributed by atoms with Crippen molar-refractivity contribution in [3.8, 4) is 11.5 Å². The van der Waals surface area contributed by atoms with E-state index in [0.717, 1.165) is 62.9 Å². The Labute approximate surface area is 245 Å². The second kappa shape index (κ2) is 16.4. The number of benzene rings is 2. The number of rotatable bonds is 10. The van der Waals surface area contributed by atoms with Crippen molar-refractivity contribution in [1.29, 1.82) is 0 Å². The zero-order valence-corrected chi connectivity index (χ0v) is 25.4. The standard InChI is InChI=1S/C17H25NO3.C16H23NO3/c1-13-10-14(2)12-18(11-13)8-9-21-16-7-5-4-6-15(16)17(19)20-3;1-12-9-13(2)11-17(10-12)7-8-20-15-6-4-3-5-14(15)16(18)19/h4-7,13-14H,8-12H2,1-3H3;3-6,12-13H,7-11H2,1-2H3,(H,18,19). The third kappa shape index (κ3) is 10.7. The predicted octanol–water partition coefficient (Wildman–Crippen LogP) is 5.57. The van der Waals surface area contributed by atoms with Gasteiger partial charge in [0.05, 0.1) is 7.11 Å². The average molecular weight is 569 g/mol. The maximum atomic E-state index is 11.7. The van der Waals surface area contributed by atoms with Gasteiger partial charge in [0.15, 0.2) is 0 Å². The molecule has 4 unspecified atom stereocenters. The molecule has 4 rings (SSSR count). The van der Waals surface area contributed by atoms with E-state index in [-0.39, 0.29) is 11.5 Å². The minimum Gasteiger partial charge on any atom is -0.491 e. The number of hydrogen-bond acceptors (Lipinski definition) is 7. The molecule has 2 aliphatic rings. The van der Waals surface area contributed by atoms with E-state index in [9.17, 15) is 9.59 Å². The molecule has 8 heteroatoms. The molecule has 0 aromatic heterocycles. The third-order valence-corrected chi connectivity index (χ3v) is 7.63. The first-order chi connectivity index (χ1) is 19.7. The summed E-state index contributed by atoms with van der Waals surface area (Å²) in [4.78, 5) is 27.6. The summed E-state index contributed by atoms with van der Waals surface area (Å²) in [6.07, 6.45) is 2.60. The van der Waals surface area contributed by atoms with Gasteiger partial charge in [0.2, 0.25) is 0 Å². The number of carboxylic acids is 1. The van der Waals surface area contributed by atoms with Gasteiger partial charge in [-0.15, -0.1) is 0 Å². The number of methoxy groups -OCH3 is 1. The molecule has 8 nitrogen and oxygen atoms in total. The Balaban J connectivity index is 0.000000226. The highest BCUT2D eigenvalue weighted by Gasteiger charge is 2.23. The lowest BCUT2D eigenvalue weighted by Gasteiger charge is -2.34. The van der Waals surface area contributed by atoms with Crippen LogP contribution in [0, 0.1) is 23.7 Å². The lowest BCUT2D eigenvalue weighted by molar-refractivity contribution is 0.0593. The number of para-hydroxylation sites is 2. The summed E-state index contributed by atoms with van der Waals surface area (Å²) in [5.41, 5.74) is 0.716. The fraction of sp³-hybridized carbons (Fsp3) is 0.576. The Morgan fingerprint density at radius 3 is 1.51 bits per heavy atom. The highest BCUT2D eigenvalue weighted by Crippen LogP contribution is 2.23. The van der Waals surface area contributed by atoms with E-state index in [1.807, 2.05) is 18.2 Å². The van der Waals surface area contributed by atoms with E-state index in [4.69, 9.17) is 19.3 Å². The molecular formula is C33H48N2O6. The quantitative estimate of drug-likeness (QED) is 0.372. The van der Waals surface area contributed by atoms with Crippen LogP contribution >= 0.6 is 0 Å². The summed E-state index contributed by atoms with van der Waals surface area (Å²) in [6.45, 7) is 16.5. The van der Waals surface area contributed by atoms with E-state index >= 15 is 0 Å². The molecule has 2 saturated heterocycles. The molecule has 0 aliphatic carbocycles. The van der Waals surface area contributed by atoms with Crippen LogP contribution in [0.1, 0.15) is 61.3 Å². The van der Waals surface area contributed by atoms with Gasteiger partial charge in [0.25, 0.3) is 0 Å². The van der Waals surface area contributed by atoms with Crippen molar-refractivity contribution in [3.05, 3.63) is 59.7 Å². The van der Waals surface area contributed by atoms with Gasteiger partial charge in [-0.3, -0.25) is 9.80 Å². The van der Waals surface area contributed by atoms with Crippen LogP contribution in [0.2, 0.25) is 0 Å². The number of hydrogen-bond donors (Lipinski definition) is 1. The molecule has 2 heterocycles. The van der Waals surface area contributed by atoms with Gasteiger partial charge in [-0.2, -0.15) is 0 Å². The number of likely N-dealkylation sites (tertiary alicyclic amines) is 2. The predicted molar refractivity (Wildman–Crippen MR) is 161 cm³/mol. The van der Waals surface area contributed by atoms with Crippen LogP contribution in [0.3, 0.4) is 0 Å². The van der Waals surface area contributed by atoms with Crippen molar-refractivity contribution in [2.24, 2.45) is 23.7 Å². The molecule has 0 bridgehead atoms. The molecule has 2 aromatic carbocycles. The average Bonchev–Trinajstić information content (AvgIpc) is 2.92. The Morgan fingerprint density at radius 2 is 1.10 bits per heavy atom. The molecule has 0 spiro atoms. The monoisotopic (exact) mass is 568 g/mol. The highest BCUT2D eigenvalue weighted by atomic mass is 16.5. The first-order valence-electron chi connectivity index (χ1n) is 14.9. The number of ether oxygens (including phenoxy) is 3. The van der Waals surface area contributed by atoms with Crippen molar-refractivity contribution >= 4 is 11.9 Å². The van der Waals surface area contributed by atoms with Gasteiger partial charge in [0.1, 0.15) is 35.8 Å². The first kappa shape index (κ1) is 32.4. The van der Waals surface area contributed by atoms with Crippen LogP contribution in [-0.4, -0.2) is 86.4 Å². The van der Waals surface area contributed by atoms with Crippen molar-refractivity contribution in [2.75, 3.05) is 59.6 Å². The van der Waals surface area contributed by atoms with E-state index in [1.165, 1.54) is 20.0 Å². The molecule has 2 fully saturated rings. The molecule has 0 amide bonds. The van der Waals surface area contributed by atoms with Crippen LogP contribution in [-0.2, 0) is 4.74 Å². The summed E-state index contributed by atoms with van der Waals surface area (Å²) >= 11 is 0. The molecule has 4 atom stereocenters. The Bertz CT molecular complexity index is 1090. The Hall–Kier alpha value is -3.10. The summed E-state index contributed by atoms with van der Waals surface area (Å²) < 4.78 is 16.2. The topological polar surface area (TPSA) is 88.5 Å². The summed E-state index contributed by atoms with van der Waals surface area (Å²) in [5.74, 6) is 2.70. The van der Waals surface area contributed by atoms with Gasteiger partial charge in [-0.25, -0.2) is 9.59 Å². The van der Waals surface area contributed by atoms with Crippen molar-refractivity contribution in [2.45, 2.75) is 40.5 Å². The number of esters is 1. The van der Waals surface area contributed by atoms with Crippen LogP contribution < -0.4 is 9.47 Å². The SMILES string of the molecule is CC1CC(C)CN(CCOc2ccccc2C(=O)O)C1.COC(=O)c1ccccc1OCCN1CC(C)CC(C)C1. The number of carbonyl (C=O) groups excluding carboxylic acids is 1. The Morgan fingerprint density at radius 1 is 0.707 bits per heavy atom. The normalized spacial score (nSPS) is 23.1. The molecule has 2 aliphatic heterocycles. The van der Waals surface area contributed by atoms with Crippen LogP contribution in [0.15, 0.2) is 48.5 Å². The number of piperidine rings is 2. The molecular weight excluding hydrogens is 520 g/mol. The van der Waals surface area contributed by atoms with Gasteiger partial charge < -0.3 is 19.3 Å². The first-order valence-corrected chi connectivity index (χ1v) is 14.9. The summed E-state index contributed by atoms with van der Waals surface area (Å²) in [7, 11) is 1.38. The lowest BCUT2D eigenvalue weighted by Crippen LogP contribution is -2.40. The fourth-order valence-electron chi connectivity index (χ4n) is 6.16. The molecule has 41 heavy (non-hydrogen) atoms. The maximum absolute atomic E-state index is 11.7. The van der Waals surface area contributed by atoms with E-state index in [1.54, 1.807) is 30.3 Å². The molecule has 0 saturated carbocycles. The van der Waals surface area contributed by atoms with E-state index in [2.05, 4.69) is 37.5 Å². The largest absolute Gasteiger partial charge is 0.491 e. The fourth-order valence-corrected chi connectivity index (χ4v) is 6.16. The third-order valence-electron chi connectivity index (χ3n) is 7.63. The van der Waals surface area contributed by atoms with Gasteiger partial charge in [-0.1, -0.05) is 52.0 Å². The number of nitrogens with zero attached hydrogens (tertiary/aromatic N) is 2. The minimum absolute atomic E-state index is 0.230. The zero-order chi connectivity index (χ0) is 29.8. The Kier molecular flexibility index (Phi) is 12.9. The van der Waals surface area contributed by atoms with Gasteiger partial charge in [0, 0.05) is 39.3 Å². The highest BCUT2D eigenvalue weighted by molar-refractivity contribution is 5.92. The number of carboxylic acid groups (broad SMARTS) is 1. The summed E-state index contributed by atoms with van der Waals surface area (Å²) in [5, 5.41) is 9.09. The van der Waals surface area contributed by atoms with Gasteiger partial charge >= 0.3 is 11.9 Å². The van der Waals surface area contributed by atoms with E-state index in [0.29, 0.717) is 30.3 Å². The van der Waals surface area contributed by atoms with Crippen molar-refractivity contribution in [3.63, 3.8) is 0 Å². The van der Waals surface area contributed by atoms with Crippen LogP contribution in [0.5, 0.6) is 11.5 Å². The van der Waals surface area contributed by atoms with E-state index < -0.39 is 5.97 Å². The number of aromatic carboxylic acids is 1. The molecule has 226 valence electrons. The van der Waals surface area contributed by atoms with Crippen molar-refractivity contribution in [1.82, 2.24) is 9.80 Å². The number of carbonyl (C=O) groups is 2. The molecule has 0 radical (unpaired) electrons. The molecule has 1 N–H and O–H groups in total. The van der Waals surface area contributed by atoms with Gasteiger partial charge in [-0.05, 0) is 60.8 Å². The minimum atomic E-state index is -0.944.